The van der Waals surface area contributed by atoms with E-state index in [1.807, 2.05) is 54.6 Å². The summed E-state index contributed by atoms with van der Waals surface area (Å²) in [6.07, 6.45) is 6.51. The number of para-hydroxylation sites is 1. The minimum atomic E-state index is -0.445. The summed E-state index contributed by atoms with van der Waals surface area (Å²) in [6, 6.07) is 30.5. The van der Waals surface area contributed by atoms with Crippen LogP contribution in [-0.2, 0) is 27.4 Å². The minimum Gasteiger partial charge on any atom is -0.464 e. The molecule has 0 fully saturated rings. The van der Waals surface area contributed by atoms with Gasteiger partial charge in [-0.25, -0.2) is 9.78 Å². The van der Waals surface area contributed by atoms with Crippen LogP contribution in [0, 0.1) is 0 Å². The Morgan fingerprint density at radius 3 is 2.21 bits per heavy atom. The number of aromatic nitrogens is 2. The summed E-state index contributed by atoms with van der Waals surface area (Å²) in [4.78, 5) is 16.6. The van der Waals surface area contributed by atoms with E-state index in [4.69, 9.17) is 14.2 Å². The van der Waals surface area contributed by atoms with Crippen molar-refractivity contribution in [2.24, 2.45) is 0 Å². The lowest BCUT2D eigenvalue weighted by atomic mass is 9.96. The molecule has 0 amide bonds. The third-order valence-electron chi connectivity index (χ3n) is 7.28. The average molecular weight is 519 g/mol. The monoisotopic (exact) mass is 518 g/mol. The zero-order valence-corrected chi connectivity index (χ0v) is 21.8. The van der Waals surface area contributed by atoms with Crippen molar-refractivity contribution in [1.82, 2.24) is 9.55 Å². The highest BCUT2D eigenvalue weighted by atomic mass is 16.5. The molecule has 3 atom stereocenters. The van der Waals surface area contributed by atoms with Gasteiger partial charge in [0.1, 0.15) is 11.8 Å². The Kier molecular flexibility index (Phi) is 7.21. The lowest BCUT2D eigenvalue weighted by molar-refractivity contribution is -0.0751. The molecule has 0 spiro atoms. The van der Waals surface area contributed by atoms with Crippen LogP contribution in [0.2, 0.25) is 0 Å². The van der Waals surface area contributed by atoms with Gasteiger partial charge in [0.2, 0.25) is 0 Å². The second kappa shape index (κ2) is 11.2. The van der Waals surface area contributed by atoms with Crippen molar-refractivity contribution in [2.75, 3.05) is 7.11 Å². The molecule has 5 aromatic rings. The second-order valence-corrected chi connectivity index (χ2v) is 9.75. The fourth-order valence-corrected chi connectivity index (χ4v) is 5.34. The zero-order chi connectivity index (χ0) is 26.6. The Hall–Kier alpha value is -4.26. The number of ether oxygens (including phenoxy) is 3. The van der Waals surface area contributed by atoms with Crippen molar-refractivity contribution in [3.8, 4) is 0 Å². The lowest BCUT2D eigenvalue weighted by Crippen LogP contribution is -2.35. The summed E-state index contributed by atoms with van der Waals surface area (Å²) in [5.41, 5.74) is 4.59. The second-order valence-electron chi connectivity index (χ2n) is 9.75. The molecule has 0 N–H and O–H groups in total. The number of allylic oxidation sites excluding steroid dienone is 1. The van der Waals surface area contributed by atoms with E-state index in [0.29, 0.717) is 18.9 Å². The Balaban J connectivity index is 1.34. The molecular formula is C33H30N2O4. The van der Waals surface area contributed by atoms with E-state index < -0.39 is 5.97 Å². The van der Waals surface area contributed by atoms with E-state index in [0.717, 1.165) is 39.4 Å². The largest absolute Gasteiger partial charge is 0.464 e. The molecule has 6 nitrogen and oxygen atoms in total. The van der Waals surface area contributed by atoms with Crippen LogP contribution >= 0.6 is 0 Å². The van der Waals surface area contributed by atoms with Crippen LogP contribution in [0.15, 0.2) is 109 Å². The molecule has 0 saturated heterocycles. The maximum Gasteiger partial charge on any atom is 0.356 e. The molecule has 6 rings (SSSR count). The summed E-state index contributed by atoms with van der Waals surface area (Å²) in [6.45, 7) is 1.02. The first-order valence-corrected chi connectivity index (χ1v) is 13.2. The lowest BCUT2D eigenvalue weighted by Gasteiger charge is -2.33. The van der Waals surface area contributed by atoms with Gasteiger partial charge in [-0.15, -0.1) is 0 Å². The normalized spacial score (nSPS) is 18.9. The predicted octanol–water partition coefficient (Wildman–Crippen LogP) is 6.65. The van der Waals surface area contributed by atoms with Crippen LogP contribution in [0.4, 0.5) is 0 Å². The molecular weight excluding hydrogens is 488 g/mol. The molecule has 196 valence electrons. The number of nitrogens with zero attached hydrogens (tertiary/aromatic N) is 2. The predicted molar refractivity (Wildman–Crippen MR) is 151 cm³/mol. The van der Waals surface area contributed by atoms with E-state index in [9.17, 15) is 4.79 Å². The molecule has 1 aliphatic carbocycles. The summed E-state index contributed by atoms with van der Waals surface area (Å²) >= 11 is 0. The zero-order valence-electron chi connectivity index (χ0n) is 21.8. The Labute approximate surface area is 227 Å². The number of rotatable bonds is 8. The van der Waals surface area contributed by atoms with Gasteiger partial charge in [-0.2, -0.15) is 0 Å². The molecule has 2 aromatic heterocycles. The first-order chi connectivity index (χ1) is 19.2. The van der Waals surface area contributed by atoms with Crippen LogP contribution in [0.1, 0.15) is 34.1 Å². The molecule has 1 aliphatic rings. The van der Waals surface area contributed by atoms with Gasteiger partial charge in [0.25, 0.3) is 0 Å². The number of methoxy groups -OCH3 is 1. The van der Waals surface area contributed by atoms with Crippen molar-refractivity contribution >= 4 is 27.8 Å². The number of hydrogen-bond donors (Lipinski definition) is 0. The van der Waals surface area contributed by atoms with Crippen LogP contribution < -0.4 is 0 Å². The smallest absolute Gasteiger partial charge is 0.356 e. The average Bonchev–Trinajstić information content (AvgIpc) is 3.33. The summed E-state index contributed by atoms with van der Waals surface area (Å²) in [5, 5.41) is 2.04. The van der Waals surface area contributed by atoms with E-state index in [2.05, 4.69) is 58.1 Å². The molecule has 3 aromatic carbocycles. The van der Waals surface area contributed by atoms with E-state index >= 15 is 0 Å². The Morgan fingerprint density at radius 2 is 1.49 bits per heavy atom. The minimum absolute atomic E-state index is 0.0236. The van der Waals surface area contributed by atoms with Crippen LogP contribution in [0.5, 0.6) is 0 Å². The van der Waals surface area contributed by atoms with Crippen molar-refractivity contribution in [2.45, 2.75) is 37.9 Å². The molecule has 0 saturated carbocycles. The standard InChI is InChI=1S/C33H30N2O4/c1-37-33(36)28-19-27-26-14-8-9-15-29(26)35(30(27)20-34-28)25-16-17-31(38-21-23-10-4-2-5-11-23)32(18-25)39-22-24-12-6-3-7-13-24/h2-17,19-20,25,31-32H,18,21-22H2,1H3/t25-,31-,32-/m1/s1. The molecule has 0 aliphatic heterocycles. The molecule has 2 heterocycles. The number of esters is 1. The maximum absolute atomic E-state index is 12.2. The van der Waals surface area contributed by atoms with Gasteiger partial charge in [0.15, 0.2) is 0 Å². The Morgan fingerprint density at radius 1 is 0.821 bits per heavy atom. The highest BCUT2D eigenvalue weighted by Crippen LogP contribution is 2.37. The van der Waals surface area contributed by atoms with Crippen molar-refractivity contribution in [3.05, 3.63) is 126 Å². The van der Waals surface area contributed by atoms with E-state index in [-0.39, 0.29) is 18.2 Å². The van der Waals surface area contributed by atoms with Gasteiger partial charge in [-0.1, -0.05) is 91.0 Å². The fraction of sp³-hybridized carbons (Fsp3) is 0.212. The van der Waals surface area contributed by atoms with Crippen molar-refractivity contribution in [3.63, 3.8) is 0 Å². The fourth-order valence-electron chi connectivity index (χ4n) is 5.34. The van der Waals surface area contributed by atoms with Gasteiger partial charge >= 0.3 is 5.97 Å². The summed E-state index contributed by atoms with van der Waals surface area (Å²) in [5.74, 6) is -0.445. The van der Waals surface area contributed by atoms with E-state index in [1.165, 1.54) is 7.11 Å². The molecule has 6 heteroatoms. The van der Waals surface area contributed by atoms with E-state index in [1.54, 1.807) is 6.20 Å². The van der Waals surface area contributed by atoms with Gasteiger partial charge in [-0.3, -0.25) is 0 Å². The topological polar surface area (TPSA) is 62.6 Å². The first-order valence-electron chi connectivity index (χ1n) is 13.2. The van der Waals surface area contributed by atoms with Crippen LogP contribution in [0.25, 0.3) is 21.8 Å². The number of benzene rings is 3. The Bertz CT molecular complexity index is 1610. The first kappa shape index (κ1) is 25.0. The van der Waals surface area contributed by atoms with Gasteiger partial charge in [0.05, 0.1) is 44.2 Å². The molecule has 39 heavy (non-hydrogen) atoms. The van der Waals surface area contributed by atoms with Gasteiger partial charge < -0.3 is 18.8 Å². The number of carbonyl (C=O) groups is 1. The summed E-state index contributed by atoms with van der Waals surface area (Å²) in [7, 11) is 1.37. The quantitative estimate of drug-likeness (QED) is 0.170. The van der Waals surface area contributed by atoms with Crippen LogP contribution in [-0.4, -0.2) is 34.8 Å². The number of pyridine rings is 1. The molecule has 0 radical (unpaired) electrons. The number of fused-ring (bicyclic) bond motifs is 3. The molecule has 0 unspecified atom stereocenters. The summed E-state index contributed by atoms with van der Waals surface area (Å²) < 4.78 is 20.1. The highest BCUT2D eigenvalue weighted by Gasteiger charge is 2.31. The SMILES string of the molecule is COC(=O)c1cc2c3ccccc3n([C@@H]3C=C[C@@H](OCc4ccccc4)[C@H](OCc4ccccc4)C3)c2cn1. The van der Waals surface area contributed by atoms with Gasteiger partial charge in [-0.05, 0) is 23.3 Å². The number of hydrogen-bond acceptors (Lipinski definition) is 5. The maximum atomic E-state index is 12.2. The van der Waals surface area contributed by atoms with Crippen molar-refractivity contribution in [1.29, 1.82) is 0 Å². The van der Waals surface area contributed by atoms with Gasteiger partial charge in [0, 0.05) is 22.7 Å². The van der Waals surface area contributed by atoms with Crippen molar-refractivity contribution < 1.29 is 19.0 Å². The highest BCUT2D eigenvalue weighted by molar-refractivity contribution is 6.09. The van der Waals surface area contributed by atoms with Crippen LogP contribution in [0.3, 0.4) is 0 Å². The number of carbonyl (C=O) groups excluding carboxylic acids is 1. The molecule has 0 bridgehead atoms. The third kappa shape index (κ3) is 5.21. The third-order valence-corrected chi connectivity index (χ3v) is 7.28.